The van der Waals surface area contributed by atoms with Crippen LogP contribution in [0.2, 0.25) is 0 Å². The van der Waals surface area contributed by atoms with Crippen LogP contribution in [0.15, 0.2) is 121 Å². The second-order valence-corrected chi connectivity index (χ2v) is 18.2. The standard InChI is InChI=1S/3C12H15N.2C10H12N2.5C2H6.2CH4/c1-8(2)12-9(3)13-11-7-5-4-6-10(11)12;1-8(2)12-11-7-5-4-6-10(11)9(3)13-12;1-8(2)12-9(3)10-6-4-5-7-11(10)13-12;1-7(2)10-11-8-5-3-4-6-9(8)12-10;1-7(2)10-8-5-3-4-6-9(8)11-12-10;5*1-2;;/h3*4-8,13H,1-3H3;2*3-7H,1-2H3,(H,11,12);5*1-2H3;2*1H4. The molecule has 0 aliphatic heterocycles. The molecule has 0 aliphatic rings. The summed E-state index contributed by atoms with van der Waals surface area (Å²) in [5.41, 5.74) is 15.1. The van der Waals surface area contributed by atoms with Crippen LogP contribution in [0.1, 0.15) is 228 Å². The highest BCUT2D eigenvalue weighted by Gasteiger charge is 2.12. The summed E-state index contributed by atoms with van der Waals surface area (Å²) in [6.45, 7) is 48.4. The molecule has 10 rings (SSSR count). The maximum Gasteiger partial charge on any atom is 0.109 e. The van der Waals surface area contributed by atoms with Gasteiger partial charge in [0.15, 0.2) is 0 Å². The zero-order chi connectivity index (χ0) is 55.4. The SMILES string of the molecule is C.C.CC.CC.CC.CC.CC.CC(C)c1[nH]nc2ccccc12.CC(C)c1nc2ccccc2[nH]1.Cc1[nH]c(C(C)C)c2ccccc12.Cc1[nH]c2ccccc2c1C(C)C.Cc1c(C(C)C)[nH]c2ccccc12. The van der Waals surface area contributed by atoms with E-state index >= 15 is 0 Å². The molecule has 0 amide bonds. The van der Waals surface area contributed by atoms with Gasteiger partial charge in [-0.25, -0.2) is 4.98 Å². The highest BCUT2D eigenvalue weighted by Crippen LogP contribution is 2.30. The lowest BCUT2D eigenvalue weighted by Gasteiger charge is -2.04. The summed E-state index contributed by atoms with van der Waals surface area (Å²) in [5, 5.41) is 14.0. The van der Waals surface area contributed by atoms with Crippen molar-refractivity contribution in [1.82, 2.24) is 35.1 Å². The van der Waals surface area contributed by atoms with E-state index < -0.39 is 0 Å². The molecule has 7 heteroatoms. The van der Waals surface area contributed by atoms with Crippen molar-refractivity contribution in [3.63, 3.8) is 0 Å². The fourth-order valence-electron chi connectivity index (χ4n) is 8.43. The number of imidazole rings is 1. The maximum absolute atomic E-state index is 4.46. The van der Waals surface area contributed by atoms with Crippen LogP contribution in [0.5, 0.6) is 0 Å². The largest absolute Gasteiger partial charge is 0.361 e. The normalized spacial score (nSPS) is 9.92. The van der Waals surface area contributed by atoms with Crippen molar-refractivity contribution in [1.29, 1.82) is 0 Å². The number of nitrogens with zero attached hydrogens (tertiary/aromatic N) is 2. The van der Waals surface area contributed by atoms with Crippen molar-refractivity contribution in [2.24, 2.45) is 0 Å². The quantitative estimate of drug-likeness (QED) is 0.119. The molecule has 0 saturated carbocycles. The molecule has 5 N–H and O–H groups in total. The molecule has 0 fully saturated rings. The Morgan fingerprint density at radius 2 is 0.747 bits per heavy atom. The Labute approximate surface area is 458 Å². The molecule has 0 bridgehead atoms. The average molecular weight is 1020 g/mol. The van der Waals surface area contributed by atoms with E-state index in [1.807, 2.05) is 112 Å². The molecule has 0 unspecified atom stereocenters. The molecule has 0 saturated heterocycles. The average Bonchev–Trinajstić information content (AvgIpc) is 4.26. The maximum atomic E-state index is 4.46. The minimum Gasteiger partial charge on any atom is -0.361 e. The van der Waals surface area contributed by atoms with Crippen LogP contribution in [0, 0.1) is 20.8 Å². The molecule has 0 atom stereocenters. The molecular formula is C68H107N7. The number of H-pyrrole nitrogens is 5. The third-order valence-electron chi connectivity index (χ3n) is 11.6. The molecule has 5 heterocycles. The van der Waals surface area contributed by atoms with E-state index in [1.165, 1.54) is 77.6 Å². The third kappa shape index (κ3) is 19.7. The van der Waals surface area contributed by atoms with Gasteiger partial charge in [0.25, 0.3) is 0 Å². The predicted octanol–water partition coefficient (Wildman–Crippen LogP) is 22.6. The van der Waals surface area contributed by atoms with Gasteiger partial charge in [0.1, 0.15) is 5.82 Å². The minimum absolute atomic E-state index is 0. The summed E-state index contributed by atoms with van der Waals surface area (Å²) in [7, 11) is 0. The Balaban J connectivity index is 0. The van der Waals surface area contributed by atoms with Crippen molar-refractivity contribution in [2.45, 2.75) is 204 Å². The van der Waals surface area contributed by atoms with E-state index in [1.54, 1.807) is 0 Å². The van der Waals surface area contributed by atoms with Gasteiger partial charge in [0.2, 0.25) is 0 Å². The van der Waals surface area contributed by atoms with Gasteiger partial charge in [-0.1, -0.05) is 244 Å². The molecular weight excluding hydrogens is 915 g/mol. The van der Waals surface area contributed by atoms with Crippen LogP contribution in [-0.4, -0.2) is 35.1 Å². The van der Waals surface area contributed by atoms with E-state index in [9.17, 15) is 0 Å². The van der Waals surface area contributed by atoms with E-state index in [0.29, 0.717) is 29.6 Å². The van der Waals surface area contributed by atoms with E-state index in [-0.39, 0.29) is 14.9 Å². The van der Waals surface area contributed by atoms with Gasteiger partial charge in [-0.05, 0) is 85.9 Å². The van der Waals surface area contributed by atoms with Gasteiger partial charge in [-0.3, -0.25) is 5.10 Å². The Bertz CT molecular complexity index is 2940. The van der Waals surface area contributed by atoms with Crippen molar-refractivity contribution in [3.8, 4) is 0 Å². The molecule has 5 aromatic carbocycles. The van der Waals surface area contributed by atoms with Crippen LogP contribution in [0.3, 0.4) is 0 Å². The first-order valence-corrected chi connectivity index (χ1v) is 27.7. The number of aromatic nitrogens is 7. The van der Waals surface area contributed by atoms with Crippen LogP contribution in [-0.2, 0) is 0 Å². The predicted molar refractivity (Wildman–Crippen MR) is 342 cm³/mol. The van der Waals surface area contributed by atoms with Crippen LogP contribution in [0.25, 0.3) is 54.5 Å². The van der Waals surface area contributed by atoms with Gasteiger partial charge in [-0.2, -0.15) is 5.10 Å². The molecule has 0 radical (unpaired) electrons. The number of aromatic amines is 5. The number of benzene rings is 5. The van der Waals surface area contributed by atoms with E-state index in [4.69, 9.17) is 0 Å². The highest BCUT2D eigenvalue weighted by atomic mass is 15.1. The zero-order valence-electron chi connectivity index (χ0n) is 49.8. The molecule has 414 valence electrons. The smallest absolute Gasteiger partial charge is 0.109 e. The summed E-state index contributed by atoms with van der Waals surface area (Å²) < 4.78 is 0. The first-order valence-electron chi connectivity index (χ1n) is 27.7. The number of hydrogen-bond acceptors (Lipinski definition) is 2. The van der Waals surface area contributed by atoms with E-state index in [2.05, 4.69) is 204 Å². The number of nitrogens with one attached hydrogen (secondary N) is 5. The van der Waals surface area contributed by atoms with Gasteiger partial charge >= 0.3 is 0 Å². The first kappa shape index (κ1) is 70.7. The van der Waals surface area contributed by atoms with Crippen molar-refractivity contribution in [2.75, 3.05) is 0 Å². The van der Waals surface area contributed by atoms with Gasteiger partial charge in [-0.15, -0.1) is 0 Å². The van der Waals surface area contributed by atoms with Gasteiger partial charge in [0, 0.05) is 72.4 Å². The van der Waals surface area contributed by atoms with Crippen LogP contribution in [0.4, 0.5) is 0 Å². The fourth-order valence-corrected chi connectivity index (χ4v) is 8.43. The number of fused-ring (bicyclic) bond motifs is 5. The highest BCUT2D eigenvalue weighted by molar-refractivity contribution is 5.89. The minimum atomic E-state index is 0. The summed E-state index contributed by atoms with van der Waals surface area (Å²) >= 11 is 0. The summed E-state index contributed by atoms with van der Waals surface area (Å²) in [4.78, 5) is 18.1. The third-order valence-corrected chi connectivity index (χ3v) is 11.6. The Morgan fingerprint density at radius 1 is 0.333 bits per heavy atom. The Kier molecular flexibility index (Phi) is 35.3. The number of para-hydroxylation sites is 5. The Morgan fingerprint density at radius 3 is 1.21 bits per heavy atom. The van der Waals surface area contributed by atoms with Crippen LogP contribution < -0.4 is 0 Å². The molecule has 10 aromatic rings. The van der Waals surface area contributed by atoms with Gasteiger partial charge in [0.05, 0.1) is 16.6 Å². The summed E-state index contributed by atoms with van der Waals surface area (Å²) in [6.07, 6.45) is 0. The molecule has 7 nitrogen and oxygen atoms in total. The van der Waals surface area contributed by atoms with Crippen molar-refractivity contribution < 1.29 is 0 Å². The second kappa shape index (κ2) is 37.4. The monoisotopic (exact) mass is 1020 g/mol. The number of hydrogen-bond donors (Lipinski definition) is 5. The summed E-state index contributed by atoms with van der Waals surface area (Å²) in [5.74, 6) is 3.79. The molecule has 5 aromatic heterocycles. The van der Waals surface area contributed by atoms with Gasteiger partial charge < -0.3 is 19.9 Å². The number of aryl methyl sites for hydroxylation is 3. The zero-order valence-corrected chi connectivity index (χ0v) is 49.8. The van der Waals surface area contributed by atoms with Crippen molar-refractivity contribution in [3.05, 3.63) is 167 Å². The van der Waals surface area contributed by atoms with Crippen LogP contribution >= 0.6 is 0 Å². The topological polar surface area (TPSA) is 105 Å². The molecule has 0 spiro atoms. The molecule has 0 aliphatic carbocycles. The van der Waals surface area contributed by atoms with Crippen molar-refractivity contribution >= 4 is 54.5 Å². The lowest BCUT2D eigenvalue weighted by atomic mass is 10.00. The lowest BCUT2D eigenvalue weighted by molar-refractivity contribution is 0.799. The Hall–Kier alpha value is -6.34. The second-order valence-electron chi connectivity index (χ2n) is 18.2. The summed E-state index contributed by atoms with van der Waals surface area (Å²) in [6, 6.07) is 41.8. The molecule has 75 heavy (non-hydrogen) atoms. The lowest BCUT2D eigenvalue weighted by Crippen LogP contribution is -1.88. The van der Waals surface area contributed by atoms with E-state index in [0.717, 1.165) is 22.4 Å². The fraction of sp³-hybridized carbons (Fsp3) is 0.441. The number of rotatable bonds is 5. The first-order chi connectivity index (χ1) is 35.2.